The number of carbonyl (C=O) groups excluding carboxylic acids is 1. The summed E-state index contributed by atoms with van der Waals surface area (Å²) in [5, 5.41) is 3.11. The molecule has 2 aliphatic rings. The Morgan fingerprint density at radius 2 is 1.97 bits per heavy atom. The molecule has 0 aromatic heterocycles. The number of benzene rings is 2. The van der Waals surface area contributed by atoms with Crippen molar-refractivity contribution in [3.8, 4) is 11.5 Å². The van der Waals surface area contributed by atoms with Gasteiger partial charge in [0.25, 0.3) is 0 Å². The van der Waals surface area contributed by atoms with E-state index >= 15 is 0 Å². The van der Waals surface area contributed by atoms with E-state index in [1.54, 1.807) is 23.9 Å². The van der Waals surface area contributed by atoms with Crippen LogP contribution in [0.5, 0.6) is 11.5 Å². The molecule has 1 aliphatic heterocycles. The van der Waals surface area contributed by atoms with E-state index in [4.69, 9.17) is 9.47 Å². The number of halogens is 1. The molecule has 1 N–H and O–H groups in total. The van der Waals surface area contributed by atoms with Crippen molar-refractivity contribution < 1.29 is 18.7 Å². The quantitative estimate of drug-likeness (QED) is 0.697. The largest absolute Gasteiger partial charge is 0.490 e. The van der Waals surface area contributed by atoms with Crippen molar-refractivity contribution >= 4 is 17.7 Å². The minimum absolute atomic E-state index is 0.121. The number of amides is 1. The molecule has 0 spiro atoms. The fraction of sp³-hybridized carbons (Fsp3) is 0.458. The maximum atomic E-state index is 14.1. The van der Waals surface area contributed by atoms with E-state index in [1.165, 1.54) is 6.07 Å². The molecule has 1 unspecified atom stereocenters. The molecule has 1 fully saturated rings. The monoisotopic (exact) mass is 429 g/mol. The maximum Gasteiger partial charge on any atom is 0.230 e. The van der Waals surface area contributed by atoms with Gasteiger partial charge in [0.2, 0.25) is 5.91 Å². The third-order valence-corrected chi connectivity index (χ3v) is 6.40. The molecule has 160 valence electrons. The molecular formula is C24H28FNO3S. The highest BCUT2D eigenvalue weighted by Gasteiger charge is 2.26. The lowest BCUT2D eigenvalue weighted by Crippen LogP contribution is -2.40. The van der Waals surface area contributed by atoms with Gasteiger partial charge in [0.15, 0.2) is 0 Å². The Morgan fingerprint density at radius 1 is 1.17 bits per heavy atom. The third kappa shape index (κ3) is 5.09. The molecular weight excluding hydrogens is 401 g/mol. The van der Waals surface area contributed by atoms with E-state index in [1.807, 2.05) is 24.5 Å². The summed E-state index contributed by atoms with van der Waals surface area (Å²) in [6, 6.07) is 13.0. The summed E-state index contributed by atoms with van der Waals surface area (Å²) in [6.45, 7) is 0. The first-order valence-electron chi connectivity index (χ1n) is 10.6. The maximum absolute atomic E-state index is 14.1. The normalized spacial score (nSPS) is 23.2. The SMILES string of the molecule is CSCC(=O)NC1CCC(Oc2ccc3c(c2)CCC(c2ccccc2F)O3)CC1. The predicted molar refractivity (Wildman–Crippen MR) is 118 cm³/mol. The van der Waals surface area contributed by atoms with Crippen LogP contribution in [0.3, 0.4) is 0 Å². The first-order chi connectivity index (χ1) is 14.6. The Morgan fingerprint density at radius 3 is 2.73 bits per heavy atom. The average molecular weight is 430 g/mol. The van der Waals surface area contributed by atoms with Gasteiger partial charge in [0, 0.05) is 11.6 Å². The van der Waals surface area contributed by atoms with Gasteiger partial charge in [-0.1, -0.05) is 18.2 Å². The van der Waals surface area contributed by atoms with Crippen LogP contribution in [-0.4, -0.2) is 30.1 Å². The molecule has 1 saturated carbocycles. The molecule has 2 aromatic rings. The number of nitrogens with one attached hydrogen (secondary N) is 1. The Bertz CT molecular complexity index is 883. The molecule has 0 saturated heterocycles. The Kier molecular flexibility index (Phi) is 6.82. The van der Waals surface area contributed by atoms with Gasteiger partial charge >= 0.3 is 0 Å². The van der Waals surface area contributed by atoms with E-state index in [9.17, 15) is 9.18 Å². The van der Waals surface area contributed by atoms with Crippen LogP contribution < -0.4 is 14.8 Å². The summed E-state index contributed by atoms with van der Waals surface area (Å²) in [5.74, 6) is 2.09. The average Bonchev–Trinajstić information content (AvgIpc) is 2.75. The van der Waals surface area contributed by atoms with Crippen molar-refractivity contribution in [3.63, 3.8) is 0 Å². The van der Waals surface area contributed by atoms with Crippen LogP contribution in [0.2, 0.25) is 0 Å². The molecule has 1 heterocycles. The first kappa shape index (κ1) is 21.0. The van der Waals surface area contributed by atoms with Crippen LogP contribution in [0, 0.1) is 5.82 Å². The van der Waals surface area contributed by atoms with Gasteiger partial charge in [-0.15, -0.1) is 0 Å². The number of hydrogen-bond acceptors (Lipinski definition) is 4. The first-order valence-corrected chi connectivity index (χ1v) is 12.0. The van der Waals surface area contributed by atoms with Crippen molar-refractivity contribution in [1.29, 1.82) is 0 Å². The Labute approximate surface area is 181 Å². The van der Waals surface area contributed by atoms with Crippen molar-refractivity contribution in [1.82, 2.24) is 5.32 Å². The lowest BCUT2D eigenvalue weighted by Gasteiger charge is -2.30. The van der Waals surface area contributed by atoms with Gasteiger partial charge in [-0.3, -0.25) is 4.79 Å². The number of hydrogen-bond donors (Lipinski definition) is 1. The van der Waals surface area contributed by atoms with Gasteiger partial charge in [0.1, 0.15) is 23.4 Å². The Balaban J connectivity index is 1.32. The highest BCUT2D eigenvalue weighted by atomic mass is 32.2. The van der Waals surface area contributed by atoms with Gasteiger partial charge in [-0.05, 0) is 74.6 Å². The zero-order chi connectivity index (χ0) is 20.9. The number of fused-ring (bicyclic) bond motifs is 1. The van der Waals surface area contributed by atoms with Crippen LogP contribution in [0.1, 0.15) is 49.3 Å². The minimum atomic E-state index is -0.248. The van der Waals surface area contributed by atoms with E-state index in [0.29, 0.717) is 11.3 Å². The number of aryl methyl sites for hydroxylation is 1. The van der Waals surface area contributed by atoms with Crippen molar-refractivity contribution in [2.24, 2.45) is 0 Å². The van der Waals surface area contributed by atoms with Crippen LogP contribution in [0.15, 0.2) is 42.5 Å². The van der Waals surface area contributed by atoms with E-state index in [0.717, 1.165) is 55.6 Å². The molecule has 2 aromatic carbocycles. The fourth-order valence-electron chi connectivity index (χ4n) is 4.31. The number of rotatable bonds is 6. The number of carbonyl (C=O) groups is 1. The topological polar surface area (TPSA) is 47.6 Å². The highest BCUT2D eigenvalue weighted by molar-refractivity contribution is 7.99. The number of thioether (sulfide) groups is 1. The predicted octanol–water partition coefficient (Wildman–Crippen LogP) is 5.06. The van der Waals surface area contributed by atoms with Crippen molar-refractivity contribution in [3.05, 3.63) is 59.4 Å². The Hall–Kier alpha value is -2.21. The van der Waals surface area contributed by atoms with Crippen molar-refractivity contribution in [2.45, 2.75) is 56.8 Å². The second-order valence-electron chi connectivity index (χ2n) is 8.03. The van der Waals surface area contributed by atoms with Crippen LogP contribution >= 0.6 is 11.8 Å². The molecule has 4 nitrogen and oxygen atoms in total. The zero-order valence-corrected chi connectivity index (χ0v) is 18.1. The van der Waals surface area contributed by atoms with Gasteiger partial charge in [-0.25, -0.2) is 4.39 Å². The summed E-state index contributed by atoms with van der Waals surface area (Å²) in [7, 11) is 0. The molecule has 6 heteroatoms. The lowest BCUT2D eigenvalue weighted by atomic mass is 9.93. The second-order valence-corrected chi connectivity index (χ2v) is 8.89. The smallest absolute Gasteiger partial charge is 0.230 e. The molecule has 1 aliphatic carbocycles. The van der Waals surface area contributed by atoms with E-state index in [2.05, 4.69) is 11.4 Å². The molecule has 4 rings (SSSR count). The number of ether oxygens (including phenoxy) is 2. The lowest BCUT2D eigenvalue weighted by molar-refractivity contribution is -0.119. The summed E-state index contributed by atoms with van der Waals surface area (Å²) in [5.41, 5.74) is 1.72. The molecule has 0 bridgehead atoms. The summed E-state index contributed by atoms with van der Waals surface area (Å²) in [6.07, 6.45) is 7.22. The van der Waals surface area contributed by atoms with Crippen molar-refractivity contribution in [2.75, 3.05) is 12.0 Å². The molecule has 1 amide bonds. The summed E-state index contributed by atoms with van der Waals surface area (Å²) < 4.78 is 26.4. The third-order valence-electron chi connectivity index (χ3n) is 5.85. The van der Waals surface area contributed by atoms with Gasteiger partial charge in [0.05, 0.1) is 11.9 Å². The zero-order valence-electron chi connectivity index (χ0n) is 17.2. The van der Waals surface area contributed by atoms with E-state index in [-0.39, 0.29) is 30.0 Å². The standard InChI is InChI=1S/C24H28FNO3S/c1-30-15-24(27)26-17-7-9-18(10-8-17)28-19-11-13-22-16(14-19)6-12-23(29-22)20-4-2-3-5-21(20)25/h2-5,11,13-14,17-18,23H,6-10,12,15H2,1H3,(H,26,27). The van der Waals surface area contributed by atoms with Crippen LogP contribution in [0.4, 0.5) is 4.39 Å². The highest BCUT2D eigenvalue weighted by Crippen LogP contribution is 2.38. The molecule has 0 radical (unpaired) electrons. The van der Waals surface area contributed by atoms with Crippen LogP contribution in [0.25, 0.3) is 0 Å². The van der Waals surface area contributed by atoms with Gasteiger partial charge < -0.3 is 14.8 Å². The molecule has 30 heavy (non-hydrogen) atoms. The summed E-state index contributed by atoms with van der Waals surface area (Å²) in [4.78, 5) is 11.8. The van der Waals surface area contributed by atoms with Gasteiger partial charge in [-0.2, -0.15) is 11.8 Å². The summed E-state index contributed by atoms with van der Waals surface area (Å²) >= 11 is 1.55. The van der Waals surface area contributed by atoms with E-state index < -0.39 is 0 Å². The minimum Gasteiger partial charge on any atom is -0.490 e. The molecule has 1 atom stereocenters. The van der Waals surface area contributed by atoms with Crippen LogP contribution in [-0.2, 0) is 11.2 Å². The fourth-order valence-corrected chi connectivity index (χ4v) is 4.66. The second kappa shape index (κ2) is 9.73.